The standard InChI is InChI=1S/C69H131NO10/c1-3-5-7-9-11-13-15-17-19-21-23-25-26-27-28-29-30-31-32-33-34-35-37-39-41-43-45-47-49-51-53-55-57-62(73)68(78)70-60(59-79-69-67(77)66(76)65(75)63(58-71)80-69)64(74)61(72)56-54-52-50-48-46-44-42-40-38-36-24-22-20-18-16-14-12-10-8-6-4-2/h23,25,27-28,48,50,60-67,69,71-77H,3-22,24,26,29-47,49,51-59H2,1-2H3,(H,70,78)/b25-23-,28-27-,50-48+. The largest absolute Gasteiger partial charge is 0.394 e. The smallest absolute Gasteiger partial charge is 0.249 e. The van der Waals surface area contributed by atoms with Crippen molar-refractivity contribution in [2.75, 3.05) is 13.2 Å². The molecule has 1 heterocycles. The van der Waals surface area contributed by atoms with Gasteiger partial charge in [0.1, 0.15) is 36.6 Å². The van der Waals surface area contributed by atoms with Crippen molar-refractivity contribution in [3.05, 3.63) is 36.5 Å². The molecule has 1 rings (SSSR count). The Kier molecular flexibility index (Phi) is 55.1. The minimum absolute atomic E-state index is 0.255. The highest BCUT2D eigenvalue weighted by atomic mass is 16.7. The van der Waals surface area contributed by atoms with Crippen LogP contribution >= 0.6 is 0 Å². The summed E-state index contributed by atoms with van der Waals surface area (Å²) in [6, 6.07) is -1.19. The molecule has 0 bridgehead atoms. The van der Waals surface area contributed by atoms with Crippen LogP contribution in [0.4, 0.5) is 0 Å². The van der Waals surface area contributed by atoms with Crippen LogP contribution in [0.5, 0.6) is 0 Å². The van der Waals surface area contributed by atoms with E-state index in [-0.39, 0.29) is 12.8 Å². The van der Waals surface area contributed by atoms with Gasteiger partial charge >= 0.3 is 0 Å². The van der Waals surface area contributed by atoms with Gasteiger partial charge in [-0.15, -0.1) is 0 Å². The van der Waals surface area contributed by atoms with Crippen LogP contribution in [0.3, 0.4) is 0 Å². The Hall–Kier alpha value is -1.67. The molecule has 472 valence electrons. The van der Waals surface area contributed by atoms with E-state index >= 15 is 0 Å². The van der Waals surface area contributed by atoms with Crippen molar-refractivity contribution in [2.24, 2.45) is 0 Å². The van der Waals surface area contributed by atoms with Gasteiger partial charge in [0.05, 0.1) is 25.4 Å². The highest BCUT2D eigenvalue weighted by Gasteiger charge is 2.44. The molecule has 9 atom stereocenters. The second kappa shape index (κ2) is 57.7. The molecule has 80 heavy (non-hydrogen) atoms. The third-order valence-electron chi connectivity index (χ3n) is 16.7. The van der Waals surface area contributed by atoms with E-state index in [9.17, 15) is 40.5 Å². The SMILES string of the molecule is CCCCCCCCCCC/C=C\C/C=C\CCCCCCCCCCCCCCCCCCC(O)C(=O)NC(COC1OC(CO)C(O)C(O)C1O)C(O)C(O)CCC/C=C/CCCCCCCCCCCCCCCCCC. The van der Waals surface area contributed by atoms with Crippen LogP contribution in [-0.4, -0.2) is 110 Å². The summed E-state index contributed by atoms with van der Waals surface area (Å²) in [4.78, 5) is 13.2. The molecule has 0 aromatic heterocycles. The predicted octanol–water partition coefficient (Wildman–Crippen LogP) is 16.2. The summed E-state index contributed by atoms with van der Waals surface area (Å²) in [5, 5.41) is 76.4. The summed E-state index contributed by atoms with van der Waals surface area (Å²) in [6.45, 7) is 3.49. The van der Waals surface area contributed by atoms with Gasteiger partial charge in [0.15, 0.2) is 6.29 Å². The molecule has 1 saturated heterocycles. The lowest BCUT2D eigenvalue weighted by Gasteiger charge is -2.40. The van der Waals surface area contributed by atoms with Crippen molar-refractivity contribution in [2.45, 2.75) is 384 Å². The van der Waals surface area contributed by atoms with Crippen molar-refractivity contribution in [1.29, 1.82) is 0 Å². The first-order chi connectivity index (χ1) is 39.2. The molecule has 0 aliphatic carbocycles. The monoisotopic (exact) mass is 1130 g/mol. The normalized spacial score (nSPS) is 19.4. The Balaban J connectivity index is 2.21. The topological polar surface area (TPSA) is 189 Å². The number of unbranched alkanes of at least 4 members (excludes halogenated alkanes) is 42. The van der Waals surface area contributed by atoms with E-state index in [4.69, 9.17) is 9.47 Å². The van der Waals surface area contributed by atoms with Crippen molar-refractivity contribution < 1.29 is 50.0 Å². The average Bonchev–Trinajstić information content (AvgIpc) is 3.46. The molecule has 11 heteroatoms. The van der Waals surface area contributed by atoms with Gasteiger partial charge in [-0.25, -0.2) is 0 Å². The van der Waals surface area contributed by atoms with Crippen LogP contribution in [0.1, 0.15) is 328 Å². The summed E-state index contributed by atoms with van der Waals surface area (Å²) in [5.74, 6) is -0.702. The lowest BCUT2D eigenvalue weighted by atomic mass is 9.98. The summed E-state index contributed by atoms with van der Waals surface area (Å²) < 4.78 is 11.2. The maximum Gasteiger partial charge on any atom is 0.249 e. The number of carbonyl (C=O) groups is 1. The predicted molar refractivity (Wildman–Crippen MR) is 335 cm³/mol. The molecule has 1 aliphatic rings. The summed E-state index contributed by atoms with van der Waals surface area (Å²) in [7, 11) is 0. The average molecular weight is 1130 g/mol. The molecule has 1 fully saturated rings. The van der Waals surface area contributed by atoms with Gasteiger partial charge in [0, 0.05) is 0 Å². The molecule has 0 saturated carbocycles. The minimum Gasteiger partial charge on any atom is -0.394 e. The number of rotatable bonds is 60. The second-order valence-corrected chi connectivity index (χ2v) is 24.2. The highest BCUT2D eigenvalue weighted by molar-refractivity contribution is 5.80. The number of aliphatic hydroxyl groups excluding tert-OH is 7. The molecule has 1 amide bonds. The fourth-order valence-corrected chi connectivity index (χ4v) is 11.1. The number of allylic oxidation sites excluding steroid dienone is 6. The summed E-state index contributed by atoms with van der Waals surface area (Å²) >= 11 is 0. The number of ether oxygens (including phenoxy) is 2. The highest BCUT2D eigenvalue weighted by Crippen LogP contribution is 2.24. The number of nitrogens with one attached hydrogen (secondary N) is 1. The van der Waals surface area contributed by atoms with Gasteiger partial charge in [-0.05, 0) is 70.6 Å². The molecule has 9 unspecified atom stereocenters. The minimum atomic E-state index is -1.67. The third kappa shape index (κ3) is 44.8. The van der Waals surface area contributed by atoms with Gasteiger partial charge in [0.2, 0.25) is 5.91 Å². The number of amides is 1. The zero-order valence-corrected chi connectivity index (χ0v) is 52.1. The van der Waals surface area contributed by atoms with E-state index in [1.54, 1.807) is 0 Å². The van der Waals surface area contributed by atoms with Gasteiger partial charge in [-0.3, -0.25) is 4.79 Å². The van der Waals surface area contributed by atoms with Crippen molar-refractivity contribution in [1.82, 2.24) is 5.32 Å². The van der Waals surface area contributed by atoms with Crippen LogP contribution < -0.4 is 5.32 Å². The van der Waals surface area contributed by atoms with E-state index in [1.165, 1.54) is 244 Å². The number of hydrogen-bond acceptors (Lipinski definition) is 10. The van der Waals surface area contributed by atoms with Crippen LogP contribution in [0.25, 0.3) is 0 Å². The van der Waals surface area contributed by atoms with E-state index in [1.807, 2.05) is 0 Å². The van der Waals surface area contributed by atoms with Gasteiger partial charge < -0.3 is 50.5 Å². The van der Waals surface area contributed by atoms with Crippen LogP contribution in [-0.2, 0) is 14.3 Å². The van der Waals surface area contributed by atoms with Crippen molar-refractivity contribution in [3.8, 4) is 0 Å². The van der Waals surface area contributed by atoms with Crippen LogP contribution in [0.2, 0.25) is 0 Å². The van der Waals surface area contributed by atoms with E-state index in [0.29, 0.717) is 12.8 Å². The molecular formula is C69H131NO10. The molecule has 8 N–H and O–H groups in total. The number of hydrogen-bond donors (Lipinski definition) is 8. The van der Waals surface area contributed by atoms with E-state index in [0.717, 1.165) is 44.9 Å². The molecule has 0 aromatic carbocycles. The molecule has 0 spiro atoms. The first-order valence-corrected chi connectivity index (χ1v) is 34.4. The Labute approximate surface area is 492 Å². The van der Waals surface area contributed by atoms with E-state index < -0.39 is 74.2 Å². The summed E-state index contributed by atoms with van der Waals surface area (Å²) in [6.07, 6.45) is 62.2. The summed E-state index contributed by atoms with van der Waals surface area (Å²) in [5.41, 5.74) is 0. The lowest BCUT2D eigenvalue weighted by Crippen LogP contribution is -2.60. The zero-order chi connectivity index (χ0) is 58.2. The van der Waals surface area contributed by atoms with Gasteiger partial charge in [-0.2, -0.15) is 0 Å². The first-order valence-electron chi connectivity index (χ1n) is 34.4. The number of aliphatic hydroxyl groups is 7. The second-order valence-electron chi connectivity index (χ2n) is 24.2. The van der Waals surface area contributed by atoms with E-state index in [2.05, 4.69) is 55.6 Å². The van der Waals surface area contributed by atoms with Crippen molar-refractivity contribution >= 4 is 5.91 Å². The zero-order valence-electron chi connectivity index (χ0n) is 52.1. The molecule has 1 aliphatic heterocycles. The van der Waals surface area contributed by atoms with Crippen molar-refractivity contribution in [3.63, 3.8) is 0 Å². The van der Waals surface area contributed by atoms with Gasteiger partial charge in [-0.1, -0.05) is 294 Å². The Morgan fingerprint density at radius 1 is 0.438 bits per heavy atom. The maximum absolute atomic E-state index is 13.2. The fraction of sp³-hybridized carbons (Fsp3) is 0.899. The Bertz CT molecular complexity index is 1390. The fourth-order valence-electron chi connectivity index (χ4n) is 11.1. The third-order valence-corrected chi connectivity index (χ3v) is 16.7. The molecular weight excluding hydrogens is 1000 g/mol. The maximum atomic E-state index is 13.2. The number of carbonyl (C=O) groups excluding carboxylic acids is 1. The van der Waals surface area contributed by atoms with Crippen LogP contribution in [0.15, 0.2) is 36.5 Å². The quantitative estimate of drug-likeness (QED) is 0.0215. The van der Waals surface area contributed by atoms with Crippen LogP contribution in [0, 0.1) is 0 Å². The Morgan fingerprint density at radius 3 is 1.15 bits per heavy atom. The lowest BCUT2D eigenvalue weighted by molar-refractivity contribution is -0.303. The first kappa shape index (κ1) is 76.3. The Morgan fingerprint density at radius 2 is 0.775 bits per heavy atom. The molecule has 11 nitrogen and oxygen atoms in total. The van der Waals surface area contributed by atoms with Gasteiger partial charge in [0.25, 0.3) is 0 Å². The molecule has 0 radical (unpaired) electrons. The molecule has 0 aromatic rings.